The van der Waals surface area contributed by atoms with Crippen LogP contribution < -0.4 is 0 Å². The van der Waals surface area contributed by atoms with E-state index in [1.165, 1.54) is 0 Å². The van der Waals surface area contributed by atoms with Crippen molar-refractivity contribution in [3.8, 4) is 0 Å². The summed E-state index contributed by atoms with van der Waals surface area (Å²) in [5, 5.41) is 0. The van der Waals surface area contributed by atoms with E-state index >= 15 is 0 Å². The molecule has 18 heavy (non-hydrogen) atoms. The van der Waals surface area contributed by atoms with E-state index < -0.39 is 17.5 Å². The van der Waals surface area contributed by atoms with Gasteiger partial charge >= 0.3 is 5.97 Å². The standard InChI is InChI=1S/C14H19NO3/c1-9-7-6-8-11(15-9)12(16)10(2)13(17)18-14(3,4)5/h6-8,10H,1-5H3. The highest BCUT2D eigenvalue weighted by molar-refractivity contribution is 6.07. The van der Waals surface area contributed by atoms with Crippen LogP contribution in [0.5, 0.6) is 0 Å². The number of aromatic nitrogens is 1. The van der Waals surface area contributed by atoms with Crippen molar-refractivity contribution in [3.05, 3.63) is 29.6 Å². The number of nitrogens with zero attached hydrogens (tertiary/aromatic N) is 1. The van der Waals surface area contributed by atoms with Gasteiger partial charge in [0.25, 0.3) is 0 Å². The number of hydrogen-bond donors (Lipinski definition) is 0. The number of Topliss-reactive ketones (excluding diaryl/α,β-unsaturated/α-hetero) is 1. The monoisotopic (exact) mass is 249 g/mol. The summed E-state index contributed by atoms with van der Waals surface area (Å²) in [7, 11) is 0. The molecular weight excluding hydrogens is 230 g/mol. The van der Waals surface area contributed by atoms with Crippen molar-refractivity contribution in [1.82, 2.24) is 4.98 Å². The fourth-order valence-electron chi connectivity index (χ4n) is 1.40. The molecule has 0 bridgehead atoms. The Kier molecular flexibility index (Phi) is 4.22. The van der Waals surface area contributed by atoms with Crippen molar-refractivity contribution in [2.24, 2.45) is 5.92 Å². The van der Waals surface area contributed by atoms with E-state index in [1.54, 1.807) is 52.8 Å². The summed E-state index contributed by atoms with van der Waals surface area (Å²) in [5.74, 6) is -1.66. The van der Waals surface area contributed by atoms with Crippen molar-refractivity contribution >= 4 is 11.8 Å². The predicted molar refractivity (Wildman–Crippen MR) is 68.3 cm³/mol. The molecule has 1 unspecified atom stereocenters. The Hall–Kier alpha value is -1.71. The number of hydrogen-bond acceptors (Lipinski definition) is 4. The van der Waals surface area contributed by atoms with Gasteiger partial charge in [-0.2, -0.15) is 0 Å². The normalized spacial score (nSPS) is 12.9. The highest BCUT2D eigenvalue weighted by atomic mass is 16.6. The van der Waals surface area contributed by atoms with E-state index in [0.29, 0.717) is 5.69 Å². The minimum atomic E-state index is -0.835. The van der Waals surface area contributed by atoms with Crippen molar-refractivity contribution in [1.29, 1.82) is 0 Å². The fourth-order valence-corrected chi connectivity index (χ4v) is 1.40. The molecule has 0 fully saturated rings. The second kappa shape index (κ2) is 5.29. The molecule has 1 aromatic rings. The van der Waals surface area contributed by atoms with Crippen LogP contribution in [0.15, 0.2) is 18.2 Å². The number of esters is 1. The molecule has 0 aliphatic heterocycles. The lowest BCUT2D eigenvalue weighted by Crippen LogP contribution is -2.31. The van der Waals surface area contributed by atoms with Gasteiger partial charge in [-0.25, -0.2) is 4.98 Å². The number of ether oxygens (including phenoxy) is 1. The molecule has 0 amide bonds. The van der Waals surface area contributed by atoms with Gasteiger partial charge in [-0.1, -0.05) is 6.07 Å². The Labute approximate surface area is 107 Å². The number of carbonyl (C=O) groups excluding carboxylic acids is 2. The largest absolute Gasteiger partial charge is 0.459 e. The minimum absolute atomic E-state index is 0.299. The molecule has 0 aromatic carbocycles. The molecule has 98 valence electrons. The van der Waals surface area contributed by atoms with Crippen LogP contribution in [0.1, 0.15) is 43.9 Å². The molecule has 1 rings (SSSR count). The first-order chi connectivity index (χ1) is 8.20. The quantitative estimate of drug-likeness (QED) is 0.469. The molecule has 0 aliphatic rings. The van der Waals surface area contributed by atoms with Crippen LogP contribution >= 0.6 is 0 Å². The van der Waals surface area contributed by atoms with Gasteiger partial charge < -0.3 is 4.74 Å². The minimum Gasteiger partial charge on any atom is -0.459 e. The Balaban J connectivity index is 2.81. The second-order valence-electron chi connectivity index (χ2n) is 5.28. The topological polar surface area (TPSA) is 56.3 Å². The van der Waals surface area contributed by atoms with Gasteiger partial charge in [-0.05, 0) is 46.8 Å². The van der Waals surface area contributed by atoms with Crippen LogP contribution in [-0.4, -0.2) is 22.3 Å². The van der Waals surface area contributed by atoms with E-state index in [9.17, 15) is 9.59 Å². The summed E-state index contributed by atoms with van der Waals surface area (Å²) in [5.41, 5.74) is 0.455. The van der Waals surface area contributed by atoms with Gasteiger partial charge in [0.2, 0.25) is 0 Å². The van der Waals surface area contributed by atoms with Crippen molar-refractivity contribution < 1.29 is 14.3 Å². The third kappa shape index (κ3) is 3.95. The van der Waals surface area contributed by atoms with Crippen molar-refractivity contribution in [3.63, 3.8) is 0 Å². The average Bonchev–Trinajstić information content (AvgIpc) is 2.24. The molecule has 0 saturated carbocycles. The van der Waals surface area contributed by atoms with E-state index in [1.807, 2.05) is 0 Å². The molecule has 0 spiro atoms. The van der Waals surface area contributed by atoms with Crippen molar-refractivity contribution in [2.45, 2.75) is 40.2 Å². The summed E-state index contributed by atoms with van der Waals surface area (Å²) < 4.78 is 5.18. The van der Waals surface area contributed by atoms with Crippen LogP contribution in [0, 0.1) is 12.8 Å². The molecule has 0 saturated heterocycles. The summed E-state index contributed by atoms with van der Waals surface area (Å²) in [4.78, 5) is 28.0. The smallest absolute Gasteiger partial charge is 0.317 e. The number of rotatable bonds is 3. The van der Waals surface area contributed by atoms with Gasteiger partial charge in [0.05, 0.1) is 0 Å². The molecule has 1 atom stereocenters. The lowest BCUT2D eigenvalue weighted by molar-refractivity contribution is -0.157. The molecule has 4 heteroatoms. The molecule has 0 N–H and O–H groups in total. The molecule has 0 radical (unpaired) electrons. The first-order valence-electron chi connectivity index (χ1n) is 5.91. The van der Waals surface area contributed by atoms with E-state index in [0.717, 1.165) is 5.69 Å². The van der Waals surface area contributed by atoms with Crippen LogP contribution in [0.2, 0.25) is 0 Å². The summed E-state index contributed by atoms with van der Waals surface area (Å²) in [6.07, 6.45) is 0. The van der Waals surface area contributed by atoms with Crippen LogP contribution in [0.3, 0.4) is 0 Å². The number of pyridine rings is 1. The predicted octanol–water partition coefficient (Wildman–Crippen LogP) is 2.55. The summed E-state index contributed by atoms with van der Waals surface area (Å²) in [6.45, 7) is 8.66. The van der Waals surface area contributed by atoms with Gasteiger partial charge in [-0.15, -0.1) is 0 Å². The third-order valence-electron chi connectivity index (χ3n) is 2.29. The molecule has 4 nitrogen and oxygen atoms in total. The zero-order valence-corrected chi connectivity index (χ0v) is 11.5. The number of carbonyl (C=O) groups is 2. The maximum Gasteiger partial charge on any atom is 0.317 e. The Morgan fingerprint density at radius 2 is 1.89 bits per heavy atom. The SMILES string of the molecule is Cc1cccc(C(=O)C(C)C(=O)OC(C)(C)C)n1. The first kappa shape index (κ1) is 14.4. The molecule has 1 aromatic heterocycles. The number of ketones is 1. The van der Waals surface area contributed by atoms with Gasteiger partial charge in [0, 0.05) is 5.69 Å². The summed E-state index contributed by atoms with van der Waals surface area (Å²) in [6, 6.07) is 5.16. The molecular formula is C14H19NO3. The second-order valence-corrected chi connectivity index (χ2v) is 5.28. The lowest BCUT2D eigenvalue weighted by Gasteiger charge is -2.21. The van der Waals surface area contributed by atoms with E-state index in [2.05, 4.69) is 4.98 Å². The summed E-state index contributed by atoms with van der Waals surface area (Å²) >= 11 is 0. The lowest BCUT2D eigenvalue weighted by atomic mass is 10.0. The Morgan fingerprint density at radius 1 is 1.28 bits per heavy atom. The Bertz CT molecular complexity index is 460. The average molecular weight is 249 g/mol. The maximum absolute atomic E-state index is 12.1. The van der Waals surface area contributed by atoms with E-state index in [-0.39, 0.29) is 5.78 Å². The highest BCUT2D eigenvalue weighted by Gasteiger charge is 2.28. The number of aryl methyl sites for hydroxylation is 1. The van der Waals surface area contributed by atoms with Gasteiger partial charge in [0.15, 0.2) is 5.78 Å². The Morgan fingerprint density at radius 3 is 2.39 bits per heavy atom. The first-order valence-corrected chi connectivity index (χ1v) is 5.91. The van der Waals surface area contributed by atoms with Crippen molar-refractivity contribution in [2.75, 3.05) is 0 Å². The van der Waals surface area contributed by atoms with Gasteiger partial charge in [-0.3, -0.25) is 9.59 Å². The fraction of sp³-hybridized carbons (Fsp3) is 0.500. The van der Waals surface area contributed by atoms with Crippen LogP contribution in [0.25, 0.3) is 0 Å². The van der Waals surface area contributed by atoms with E-state index in [4.69, 9.17) is 4.74 Å². The van der Waals surface area contributed by atoms with Gasteiger partial charge in [0.1, 0.15) is 17.2 Å². The third-order valence-corrected chi connectivity index (χ3v) is 2.29. The van der Waals surface area contributed by atoms with Crippen LogP contribution in [0.4, 0.5) is 0 Å². The van der Waals surface area contributed by atoms with Crippen LogP contribution in [-0.2, 0) is 9.53 Å². The zero-order valence-electron chi connectivity index (χ0n) is 11.5. The molecule has 1 heterocycles. The zero-order chi connectivity index (χ0) is 13.9. The maximum atomic E-state index is 12.1. The molecule has 0 aliphatic carbocycles. The highest BCUT2D eigenvalue weighted by Crippen LogP contribution is 2.14.